The van der Waals surface area contributed by atoms with E-state index in [1.54, 1.807) is 19.4 Å². The SMILES string of the molecule is COc1nc2nc(S[C@@H](C)c3ncccc3F)nc(N[C@@H](CO)CC(C)C)c2s1. The number of aliphatic hydroxyl groups is 1. The Hall–Kier alpha value is -2.04. The summed E-state index contributed by atoms with van der Waals surface area (Å²) in [6, 6.07) is 2.80. The molecule has 0 unspecified atom stereocenters. The first kappa shape index (κ1) is 21.7. The average Bonchev–Trinajstić information content (AvgIpc) is 3.10. The van der Waals surface area contributed by atoms with Gasteiger partial charge in [0.15, 0.2) is 16.6 Å². The van der Waals surface area contributed by atoms with Crippen molar-refractivity contribution in [3.63, 3.8) is 0 Å². The zero-order valence-corrected chi connectivity index (χ0v) is 18.4. The number of rotatable bonds is 9. The van der Waals surface area contributed by atoms with Gasteiger partial charge in [-0.1, -0.05) is 36.9 Å². The van der Waals surface area contributed by atoms with Crippen molar-refractivity contribution < 1.29 is 14.2 Å². The maximum atomic E-state index is 14.1. The second-order valence-electron chi connectivity index (χ2n) is 6.98. The minimum Gasteiger partial charge on any atom is -0.473 e. The highest BCUT2D eigenvalue weighted by molar-refractivity contribution is 7.99. The van der Waals surface area contributed by atoms with Gasteiger partial charge < -0.3 is 15.2 Å². The van der Waals surface area contributed by atoms with Crippen LogP contribution in [0, 0.1) is 11.7 Å². The monoisotopic (exact) mass is 437 g/mol. The van der Waals surface area contributed by atoms with Crippen molar-refractivity contribution >= 4 is 39.3 Å². The standard InChI is InChI=1S/C19H24FN5O2S2/c1-10(2)8-12(9-26)22-16-15-17(25-19(27-4)29-15)24-18(23-16)28-11(3)14-13(20)6-5-7-21-14/h5-7,10-12,26H,8-9H2,1-4H3,(H,22,23,24)/t11-,12+/m0/s1. The smallest absolute Gasteiger partial charge is 0.275 e. The molecule has 10 heteroatoms. The van der Waals surface area contributed by atoms with E-state index in [-0.39, 0.29) is 23.7 Å². The molecule has 0 spiro atoms. The molecule has 0 aliphatic carbocycles. The number of hydrogen-bond donors (Lipinski definition) is 2. The van der Waals surface area contributed by atoms with Crippen molar-refractivity contribution in [2.75, 3.05) is 19.0 Å². The quantitative estimate of drug-likeness (QED) is 0.378. The summed E-state index contributed by atoms with van der Waals surface area (Å²) in [5, 5.41) is 13.7. The van der Waals surface area contributed by atoms with E-state index in [2.05, 4.69) is 39.1 Å². The molecule has 7 nitrogen and oxygen atoms in total. The number of thioether (sulfide) groups is 1. The summed E-state index contributed by atoms with van der Waals surface area (Å²) in [7, 11) is 1.55. The molecule has 3 aromatic rings. The van der Waals surface area contributed by atoms with Gasteiger partial charge in [0.2, 0.25) is 0 Å². The molecule has 156 valence electrons. The number of halogens is 1. The van der Waals surface area contributed by atoms with E-state index in [1.165, 1.54) is 29.2 Å². The van der Waals surface area contributed by atoms with Crippen molar-refractivity contribution in [3.05, 3.63) is 29.8 Å². The molecule has 3 heterocycles. The third kappa shape index (κ3) is 5.31. The normalized spacial score (nSPS) is 13.6. The molecule has 0 aliphatic heterocycles. The number of pyridine rings is 1. The first-order chi connectivity index (χ1) is 13.9. The number of thiazole rings is 1. The minimum atomic E-state index is -0.362. The highest BCUT2D eigenvalue weighted by atomic mass is 32.2. The van der Waals surface area contributed by atoms with Gasteiger partial charge in [-0.2, -0.15) is 4.98 Å². The molecule has 3 rings (SSSR count). The van der Waals surface area contributed by atoms with Crippen molar-refractivity contribution in [1.29, 1.82) is 0 Å². The van der Waals surface area contributed by atoms with Gasteiger partial charge in [0, 0.05) is 6.20 Å². The Morgan fingerprint density at radius 3 is 2.72 bits per heavy atom. The summed E-state index contributed by atoms with van der Waals surface area (Å²) in [5.74, 6) is 0.639. The summed E-state index contributed by atoms with van der Waals surface area (Å²) >= 11 is 2.64. The van der Waals surface area contributed by atoms with Crippen molar-refractivity contribution in [2.24, 2.45) is 5.92 Å². The molecule has 2 N–H and O–H groups in total. The van der Waals surface area contributed by atoms with E-state index >= 15 is 0 Å². The van der Waals surface area contributed by atoms with Crippen LogP contribution in [0.15, 0.2) is 23.5 Å². The number of aliphatic hydroxyl groups excluding tert-OH is 1. The van der Waals surface area contributed by atoms with Crippen LogP contribution in [0.1, 0.15) is 38.1 Å². The Morgan fingerprint density at radius 2 is 2.07 bits per heavy atom. The predicted molar refractivity (Wildman–Crippen MR) is 114 cm³/mol. The number of methoxy groups -OCH3 is 1. The predicted octanol–water partition coefficient (Wildman–Crippen LogP) is 4.30. The first-order valence-electron chi connectivity index (χ1n) is 9.28. The largest absolute Gasteiger partial charge is 0.473 e. The van der Waals surface area contributed by atoms with Crippen LogP contribution in [0.3, 0.4) is 0 Å². The fourth-order valence-corrected chi connectivity index (χ4v) is 4.53. The summed E-state index contributed by atoms with van der Waals surface area (Å²) in [6.45, 7) is 6.03. The molecule has 0 radical (unpaired) electrons. The maximum absolute atomic E-state index is 14.1. The lowest BCUT2D eigenvalue weighted by Gasteiger charge is -2.19. The molecule has 29 heavy (non-hydrogen) atoms. The van der Waals surface area contributed by atoms with Gasteiger partial charge in [0.1, 0.15) is 10.5 Å². The summed E-state index contributed by atoms with van der Waals surface area (Å²) in [4.78, 5) is 17.7. The summed E-state index contributed by atoms with van der Waals surface area (Å²) in [6.07, 6.45) is 2.35. The molecule has 0 amide bonds. The number of ether oxygens (including phenoxy) is 1. The summed E-state index contributed by atoms with van der Waals surface area (Å²) in [5.41, 5.74) is 0.849. The highest BCUT2D eigenvalue weighted by Crippen LogP contribution is 2.37. The highest BCUT2D eigenvalue weighted by Gasteiger charge is 2.20. The number of aromatic nitrogens is 4. The number of nitrogens with zero attached hydrogens (tertiary/aromatic N) is 4. The van der Waals surface area contributed by atoms with Gasteiger partial charge in [-0.05, 0) is 31.4 Å². The Morgan fingerprint density at radius 1 is 1.28 bits per heavy atom. The van der Waals surface area contributed by atoms with Gasteiger partial charge in [0.05, 0.1) is 30.7 Å². The van der Waals surface area contributed by atoms with Crippen LogP contribution in [0.2, 0.25) is 0 Å². The molecular formula is C19H24FN5O2S2. The van der Waals surface area contributed by atoms with Crippen LogP contribution in [0.5, 0.6) is 5.19 Å². The van der Waals surface area contributed by atoms with E-state index in [0.29, 0.717) is 33.4 Å². The van der Waals surface area contributed by atoms with Crippen molar-refractivity contribution in [2.45, 2.75) is 43.6 Å². The lowest BCUT2D eigenvalue weighted by atomic mass is 10.0. The molecule has 0 aliphatic rings. The van der Waals surface area contributed by atoms with E-state index in [9.17, 15) is 9.50 Å². The maximum Gasteiger partial charge on any atom is 0.275 e. The fraction of sp³-hybridized carbons (Fsp3) is 0.474. The van der Waals surface area contributed by atoms with Crippen LogP contribution in [-0.2, 0) is 0 Å². The third-order valence-electron chi connectivity index (χ3n) is 4.16. The molecule has 0 bridgehead atoms. The van der Waals surface area contributed by atoms with E-state index in [1.807, 2.05) is 6.92 Å². The van der Waals surface area contributed by atoms with Gasteiger partial charge >= 0.3 is 0 Å². The molecular weight excluding hydrogens is 413 g/mol. The van der Waals surface area contributed by atoms with Crippen LogP contribution in [0.4, 0.5) is 10.2 Å². The van der Waals surface area contributed by atoms with Crippen LogP contribution >= 0.6 is 23.1 Å². The van der Waals surface area contributed by atoms with Crippen molar-refractivity contribution in [3.8, 4) is 5.19 Å². The molecule has 0 saturated heterocycles. The first-order valence-corrected chi connectivity index (χ1v) is 11.0. The summed E-state index contributed by atoms with van der Waals surface area (Å²) < 4.78 is 20.1. The molecule has 0 fully saturated rings. The van der Waals surface area contributed by atoms with Crippen molar-refractivity contribution in [1.82, 2.24) is 19.9 Å². The Kier molecular flexibility index (Phi) is 7.20. The molecule has 0 aromatic carbocycles. The van der Waals surface area contributed by atoms with E-state index in [0.717, 1.165) is 11.1 Å². The van der Waals surface area contributed by atoms with E-state index in [4.69, 9.17) is 4.74 Å². The Bertz CT molecular complexity index is 969. The number of fused-ring (bicyclic) bond motifs is 1. The Labute approximate surface area is 177 Å². The van der Waals surface area contributed by atoms with Crippen LogP contribution < -0.4 is 10.1 Å². The average molecular weight is 438 g/mol. The number of hydrogen-bond acceptors (Lipinski definition) is 9. The second-order valence-corrected chi connectivity index (χ2v) is 9.24. The van der Waals surface area contributed by atoms with Crippen LogP contribution in [-0.4, -0.2) is 44.8 Å². The van der Waals surface area contributed by atoms with Crippen LogP contribution in [0.25, 0.3) is 10.3 Å². The van der Waals surface area contributed by atoms with Gasteiger partial charge in [-0.15, -0.1) is 0 Å². The van der Waals surface area contributed by atoms with E-state index < -0.39 is 0 Å². The van der Waals surface area contributed by atoms with Gasteiger partial charge in [-0.3, -0.25) is 4.98 Å². The fourth-order valence-electron chi connectivity index (χ4n) is 2.88. The lowest BCUT2D eigenvalue weighted by Crippen LogP contribution is -2.26. The molecule has 2 atom stereocenters. The number of anilines is 1. The topological polar surface area (TPSA) is 93.1 Å². The van der Waals surface area contributed by atoms with Gasteiger partial charge in [-0.25, -0.2) is 14.4 Å². The minimum absolute atomic E-state index is 0.0162. The molecule has 0 saturated carbocycles. The van der Waals surface area contributed by atoms with Gasteiger partial charge in [0.25, 0.3) is 5.19 Å². The lowest BCUT2D eigenvalue weighted by molar-refractivity contribution is 0.259. The Balaban J connectivity index is 1.94. The zero-order valence-electron chi connectivity index (χ0n) is 16.7. The second kappa shape index (κ2) is 9.64. The zero-order chi connectivity index (χ0) is 21.0. The number of nitrogens with one attached hydrogen (secondary N) is 1. The molecule has 3 aromatic heterocycles. The third-order valence-corrected chi connectivity index (χ3v) is 6.14.